The number of hydrogen-bond acceptors (Lipinski definition) is 4. The van der Waals surface area contributed by atoms with Crippen LogP contribution in [0.5, 0.6) is 0 Å². The number of fused-ring (bicyclic) bond motifs is 3. The molecule has 0 unspecified atom stereocenters. The first kappa shape index (κ1) is 11.7. The molecule has 5 heteroatoms. The number of hydrogen-bond donors (Lipinski definition) is 0. The van der Waals surface area contributed by atoms with Crippen LogP contribution >= 0.6 is 0 Å². The van der Waals surface area contributed by atoms with E-state index in [0.29, 0.717) is 17.3 Å². The van der Waals surface area contributed by atoms with Crippen LogP contribution in [0.15, 0.2) is 12.4 Å². The minimum atomic E-state index is 0.559. The Morgan fingerprint density at radius 1 is 1.20 bits per heavy atom. The molecular weight excluding hydrogens is 250 g/mol. The molecule has 1 saturated carbocycles. The predicted molar refractivity (Wildman–Crippen MR) is 75.6 cm³/mol. The maximum Gasteiger partial charge on any atom is 0.175 e. The zero-order valence-corrected chi connectivity index (χ0v) is 11.4. The van der Waals surface area contributed by atoms with Crippen molar-refractivity contribution in [2.24, 2.45) is 0 Å². The molecule has 0 aromatic carbocycles. The summed E-state index contributed by atoms with van der Waals surface area (Å²) in [6, 6.07) is 2.80. The van der Waals surface area contributed by atoms with E-state index in [1.54, 1.807) is 6.20 Å². The van der Waals surface area contributed by atoms with Crippen LogP contribution in [0.25, 0.3) is 5.65 Å². The zero-order valence-electron chi connectivity index (χ0n) is 11.4. The molecule has 3 heterocycles. The normalized spacial score (nSPS) is 19.2. The van der Waals surface area contributed by atoms with E-state index in [-0.39, 0.29) is 0 Å². The van der Waals surface area contributed by atoms with Crippen LogP contribution in [0, 0.1) is 11.3 Å². The van der Waals surface area contributed by atoms with E-state index < -0.39 is 0 Å². The number of nitriles is 1. The Hall–Kier alpha value is -2.09. The molecule has 0 saturated heterocycles. The van der Waals surface area contributed by atoms with Gasteiger partial charge in [0.25, 0.3) is 0 Å². The van der Waals surface area contributed by atoms with Gasteiger partial charge in [0.1, 0.15) is 17.5 Å². The second-order valence-electron chi connectivity index (χ2n) is 5.75. The minimum absolute atomic E-state index is 0.559. The molecule has 0 N–H and O–H groups in total. The Balaban J connectivity index is 1.83. The highest BCUT2D eigenvalue weighted by atomic mass is 15.4. The Labute approximate surface area is 117 Å². The lowest BCUT2D eigenvalue weighted by atomic mass is 9.94. The molecule has 102 valence electrons. The molecule has 20 heavy (non-hydrogen) atoms. The van der Waals surface area contributed by atoms with Crippen LogP contribution in [0.2, 0.25) is 0 Å². The predicted octanol–water partition coefficient (Wildman–Crippen LogP) is 2.30. The summed E-state index contributed by atoms with van der Waals surface area (Å²) >= 11 is 0. The van der Waals surface area contributed by atoms with E-state index in [2.05, 4.69) is 21.1 Å². The second-order valence-corrected chi connectivity index (χ2v) is 5.75. The van der Waals surface area contributed by atoms with Gasteiger partial charge in [-0.3, -0.25) is 0 Å². The van der Waals surface area contributed by atoms with Crippen LogP contribution in [-0.2, 0) is 6.42 Å². The Morgan fingerprint density at radius 2 is 2.05 bits per heavy atom. The van der Waals surface area contributed by atoms with Gasteiger partial charge in [-0.15, -0.1) is 0 Å². The number of nitrogens with zero attached hydrogens (tertiary/aromatic N) is 5. The minimum Gasteiger partial charge on any atom is -0.353 e. The van der Waals surface area contributed by atoms with Gasteiger partial charge in [-0.25, -0.2) is 4.98 Å². The van der Waals surface area contributed by atoms with Crippen molar-refractivity contribution in [3.05, 3.63) is 23.5 Å². The Morgan fingerprint density at radius 3 is 2.85 bits per heavy atom. The molecular formula is C15H17N5. The molecule has 0 radical (unpaired) electrons. The summed E-state index contributed by atoms with van der Waals surface area (Å²) in [6.07, 6.45) is 11.2. The SMILES string of the molecule is N#Cc1cnn2c3c(cnc12)CCN3C1CCCCC1. The van der Waals surface area contributed by atoms with Gasteiger partial charge >= 0.3 is 0 Å². The van der Waals surface area contributed by atoms with Crippen molar-refractivity contribution in [1.29, 1.82) is 5.26 Å². The van der Waals surface area contributed by atoms with Crippen molar-refractivity contribution in [3.63, 3.8) is 0 Å². The smallest absolute Gasteiger partial charge is 0.175 e. The van der Waals surface area contributed by atoms with Gasteiger partial charge in [0.05, 0.1) is 6.20 Å². The number of anilines is 1. The van der Waals surface area contributed by atoms with Crippen molar-refractivity contribution in [1.82, 2.24) is 14.6 Å². The summed E-state index contributed by atoms with van der Waals surface area (Å²) in [7, 11) is 0. The van der Waals surface area contributed by atoms with Gasteiger partial charge in [-0.05, 0) is 19.3 Å². The maximum atomic E-state index is 9.13. The average Bonchev–Trinajstić information content (AvgIpc) is 3.11. The highest BCUT2D eigenvalue weighted by molar-refractivity contribution is 5.63. The van der Waals surface area contributed by atoms with Gasteiger partial charge in [0.2, 0.25) is 0 Å². The van der Waals surface area contributed by atoms with E-state index >= 15 is 0 Å². The van der Waals surface area contributed by atoms with Crippen molar-refractivity contribution >= 4 is 11.5 Å². The van der Waals surface area contributed by atoms with Crippen molar-refractivity contribution in [2.75, 3.05) is 11.4 Å². The third kappa shape index (κ3) is 1.61. The average molecular weight is 267 g/mol. The lowest BCUT2D eigenvalue weighted by molar-refractivity contribution is 0.417. The third-order valence-electron chi connectivity index (χ3n) is 4.60. The first-order chi connectivity index (χ1) is 9.88. The summed E-state index contributed by atoms with van der Waals surface area (Å²) in [6.45, 7) is 1.06. The molecule has 1 aliphatic carbocycles. The van der Waals surface area contributed by atoms with Crippen molar-refractivity contribution < 1.29 is 0 Å². The van der Waals surface area contributed by atoms with Gasteiger partial charge in [0.15, 0.2) is 5.65 Å². The second kappa shape index (κ2) is 4.48. The molecule has 0 atom stereocenters. The quantitative estimate of drug-likeness (QED) is 0.795. The molecule has 0 spiro atoms. The van der Waals surface area contributed by atoms with Crippen LogP contribution in [0.1, 0.15) is 43.2 Å². The third-order valence-corrected chi connectivity index (χ3v) is 4.60. The lowest BCUT2D eigenvalue weighted by Crippen LogP contribution is -2.36. The van der Waals surface area contributed by atoms with E-state index in [1.807, 2.05) is 10.7 Å². The molecule has 2 aliphatic rings. The van der Waals surface area contributed by atoms with Crippen molar-refractivity contribution in [2.45, 2.75) is 44.6 Å². The van der Waals surface area contributed by atoms with Gasteiger partial charge in [0, 0.05) is 24.3 Å². The lowest BCUT2D eigenvalue weighted by Gasteiger charge is -2.33. The summed E-state index contributed by atoms with van der Waals surface area (Å²) in [4.78, 5) is 6.91. The van der Waals surface area contributed by atoms with E-state index in [4.69, 9.17) is 5.26 Å². The molecule has 4 rings (SSSR count). The molecule has 2 aromatic heterocycles. The zero-order chi connectivity index (χ0) is 13.5. The fourth-order valence-electron chi connectivity index (χ4n) is 3.61. The molecule has 0 bridgehead atoms. The van der Waals surface area contributed by atoms with Crippen molar-refractivity contribution in [3.8, 4) is 6.07 Å². The fourth-order valence-corrected chi connectivity index (χ4v) is 3.61. The van der Waals surface area contributed by atoms with Gasteiger partial charge < -0.3 is 4.90 Å². The molecule has 5 nitrogen and oxygen atoms in total. The van der Waals surface area contributed by atoms with Crippen LogP contribution in [0.3, 0.4) is 0 Å². The van der Waals surface area contributed by atoms with E-state index in [9.17, 15) is 0 Å². The van der Waals surface area contributed by atoms with Crippen LogP contribution < -0.4 is 4.90 Å². The summed E-state index contributed by atoms with van der Waals surface area (Å²) < 4.78 is 1.87. The molecule has 1 fully saturated rings. The topological polar surface area (TPSA) is 57.2 Å². The number of aromatic nitrogens is 3. The largest absolute Gasteiger partial charge is 0.353 e. The molecule has 0 amide bonds. The summed E-state index contributed by atoms with van der Waals surface area (Å²) in [5, 5.41) is 13.5. The monoisotopic (exact) mass is 267 g/mol. The highest BCUT2D eigenvalue weighted by Crippen LogP contribution is 2.34. The van der Waals surface area contributed by atoms with Gasteiger partial charge in [-0.2, -0.15) is 14.9 Å². The number of rotatable bonds is 1. The first-order valence-electron chi connectivity index (χ1n) is 7.41. The van der Waals surface area contributed by atoms with E-state index in [0.717, 1.165) is 13.0 Å². The standard InChI is InChI=1S/C15H17N5/c16-8-12-10-18-20-14(12)17-9-11-6-7-19(15(11)20)13-4-2-1-3-5-13/h9-10,13H,1-7H2. The van der Waals surface area contributed by atoms with Gasteiger partial charge in [-0.1, -0.05) is 19.3 Å². The molecule has 2 aromatic rings. The van der Waals surface area contributed by atoms with E-state index in [1.165, 1.54) is 43.5 Å². The Bertz CT molecular complexity index is 690. The first-order valence-corrected chi connectivity index (χ1v) is 7.41. The maximum absolute atomic E-state index is 9.13. The highest BCUT2D eigenvalue weighted by Gasteiger charge is 2.30. The Kier molecular flexibility index (Phi) is 2.62. The van der Waals surface area contributed by atoms with Crippen LogP contribution in [-0.4, -0.2) is 27.2 Å². The summed E-state index contributed by atoms with van der Waals surface area (Å²) in [5.74, 6) is 1.17. The summed E-state index contributed by atoms with van der Waals surface area (Å²) in [5.41, 5.74) is 2.51. The molecule has 1 aliphatic heterocycles. The fraction of sp³-hybridized carbons (Fsp3) is 0.533. The van der Waals surface area contributed by atoms with Crippen LogP contribution in [0.4, 0.5) is 5.82 Å².